The van der Waals surface area contributed by atoms with Gasteiger partial charge in [0.1, 0.15) is 5.82 Å². The smallest absolute Gasteiger partial charge is 0.123 e. The van der Waals surface area contributed by atoms with E-state index in [-0.39, 0.29) is 5.82 Å². The van der Waals surface area contributed by atoms with Gasteiger partial charge in [0.15, 0.2) is 0 Å². The van der Waals surface area contributed by atoms with Crippen molar-refractivity contribution in [2.24, 2.45) is 5.92 Å². The summed E-state index contributed by atoms with van der Waals surface area (Å²) in [6, 6.07) is 4.62. The lowest BCUT2D eigenvalue weighted by atomic mass is 9.98. The monoisotopic (exact) mass is 290 g/mol. The summed E-state index contributed by atoms with van der Waals surface area (Å²) < 4.78 is 13.0. The predicted octanol–water partition coefficient (Wildman–Crippen LogP) is 4.59. The van der Waals surface area contributed by atoms with Gasteiger partial charge in [0.05, 0.1) is 0 Å². The van der Waals surface area contributed by atoms with Crippen LogP contribution in [0.3, 0.4) is 0 Å². The van der Waals surface area contributed by atoms with Gasteiger partial charge in [0, 0.05) is 9.85 Å². The molecular weight excluding hydrogens is 278 g/mol. The van der Waals surface area contributed by atoms with Crippen molar-refractivity contribution < 1.29 is 4.39 Å². The fourth-order valence-electron chi connectivity index (χ4n) is 2.21. The Bertz CT molecular complexity index is 353. The molecule has 1 aromatic carbocycles. The van der Waals surface area contributed by atoms with E-state index in [9.17, 15) is 4.39 Å². The zero-order chi connectivity index (χ0) is 10.8. The molecule has 0 radical (unpaired) electrons. The van der Waals surface area contributed by atoms with E-state index >= 15 is 0 Å². The Kier molecular flexibility index (Phi) is 3.68. The molecule has 0 amide bonds. The van der Waals surface area contributed by atoms with Gasteiger partial charge in [-0.3, -0.25) is 0 Å². The molecule has 0 heterocycles. The van der Waals surface area contributed by atoms with E-state index < -0.39 is 0 Å². The summed E-state index contributed by atoms with van der Waals surface area (Å²) in [4.78, 5) is 0.634. The molecular formula is C12H13BrClF. The molecule has 1 saturated carbocycles. The topological polar surface area (TPSA) is 0 Å². The van der Waals surface area contributed by atoms with E-state index in [0.717, 1.165) is 12.0 Å². The number of benzene rings is 1. The van der Waals surface area contributed by atoms with Crippen LogP contribution in [-0.4, -0.2) is 4.83 Å². The summed E-state index contributed by atoms with van der Waals surface area (Å²) in [5, 5.41) is 0.689. The van der Waals surface area contributed by atoms with Crippen molar-refractivity contribution in [3.05, 3.63) is 34.6 Å². The Hall–Kier alpha value is -0.0800. The maximum absolute atomic E-state index is 13.0. The highest BCUT2D eigenvalue weighted by atomic mass is 79.9. The van der Waals surface area contributed by atoms with Gasteiger partial charge in [0.2, 0.25) is 0 Å². The Labute approximate surface area is 103 Å². The molecule has 0 aromatic heterocycles. The molecule has 1 fully saturated rings. The minimum atomic E-state index is -0.192. The highest BCUT2D eigenvalue weighted by Gasteiger charge is 2.23. The van der Waals surface area contributed by atoms with Gasteiger partial charge in [-0.25, -0.2) is 4.39 Å². The fourth-order valence-corrected chi connectivity index (χ4v) is 3.20. The lowest BCUT2D eigenvalue weighted by molar-refractivity contribution is 0.544. The molecule has 0 saturated heterocycles. The maximum atomic E-state index is 13.0. The molecule has 2 unspecified atom stereocenters. The average Bonchev–Trinajstić information content (AvgIpc) is 2.58. The van der Waals surface area contributed by atoms with E-state index in [2.05, 4.69) is 15.9 Å². The Morgan fingerprint density at radius 1 is 1.40 bits per heavy atom. The van der Waals surface area contributed by atoms with Crippen molar-refractivity contribution in [2.75, 3.05) is 0 Å². The van der Waals surface area contributed by atoms with Gasteiger partial charge >= 0.3 is 0 Å². The van der Waals surface area contributed by atoms with Crippen molar-refractivity contribution in [2.45, 2.75) is 30.5 Å². The molecule has 82 valence electrons. The molecule has 15 heavy (non-hydrogen) atoms. The lowest BCUT2D eigenvalue weighted by Gasteiger charge is -2.10. The first-order valence-electron chi connectivity index (χ1n) is 5.23. The van der Waals surface area contributed by atoms with Crippen LogP contribution < -0.4 is 0 Å². The van der Waals surface area contributed by atoms with E-state index in [1.165, 1.54) is 25.3 Å². The first-order valence-corrected chi connectivity index (χ1v) is 6.52. The number of alkyl halides is 1. The molecule has 1 aliphatic carbocycles. The van der Waals surface area contributed by atoms with Crippen molar-refractivity contribution in [3.63, 3.8) is 0 Å². The summed E-state index contributed by atoms with van der Waals surface area (Å²) in [5.41, 5.74) is 0.947. The van der Waals surface area contributed by atoms with Crippen LogP contribution in [0, 0.1) is 11.7 Å². The van der Waals surface area contributed by atoms with Gasteiger partial charge in [-0.2, -0.15) is 0 Å². The standard InChI is InChI=1S/C12H13BrClF/c13-10-2-1-8(6-10)5-9-7-11(15)3-4-12(9)14/h3-4,7-8,10H,1-2,5-6H2. The minimum Gasteiger partial charge on any atom is -0.207 e. The molecule has 2 rings (SSSR count). The minimum absolute atomic E-state index is 0.192. The predicted molar refractivity (Wildman–Crippen MR) is 65.2 cm³/mol. The molecule has 2 atom stereocenters. The summed E-state index contributed by atoms with van der Waals surface area (Å²) in [6.45, 7) is 0. The van der Waals surface area contributed by atoms with Crippen LogP contribution in [0.5, 0.6) is 0 Å². The summed E-state index contributed by atoms with van der Waals surface area (Å²) >= 11 is 9.65. The number of hydrogen-bond acceptors (Lipinski definition) is 0. The number of rotatable bonds is 2. The van der Waals surface area contributed by atoms with Crippen molar-refractivity contribution >= 4 is 27.5 Å². The summed E-state index contributed by atoms with van der Waals surface area (Å²) in [7, 11) is 0. The fraction of sp³-hybridized carbons (Fsp3) is 0.500. The highest BCUT2D eigenvalue weighted by Crippen LogP contribution is 2.34. The van der Waals surface area contributed by atoms with Crippen LogP contribution in [0.25, 0.3) is 0 Å². The van der Waals surface area contributed by atoms with Crippen LogP contribution in [-0.2, 0) is 6.42 Å². The number of halogens is 3. The summed E-state index contributed by atoms with van der Waals surface area (Å²) in [5.74, 6) is 0.455. The van der Waals surface area contributed by atoms with Gasteiger partial charge in [0.25, 0.3) is 0 Å². The second-order valence-corrected chi connectivity index (χ2v) is 5.92. The van der Waals surface area contributed by atoms with Crippen LogP contribution in [0.4, 0.5) is 4.39 Å². The van der Waals surface area contributed by atoms with E-state index in [1.54, 1.807) is 12.1 Å². The molecule has 0 N–H and O–H groups in total. The summed E-state index contributed by atoms with van der Waals surface area (Å²) in [6.07, 6.45) is 4.51. The third kappa shape index (κ3) is 2.94. The van der Waals surface area contributed by atoms with E-state index in [4.69, 9.17) is 11.6 Å². The van der Waals surface area contributed by atoms with Crippen LogP contribution in [0.1, 0.15) is 24.8 Å². The quantitative estimate of drug-likeness (QED) is 0.699. The molecule has 1 aromatic rings. The van der Waals surface area contributed by atoms with Crippen molar-refractivity contribution in [3.8, 4) is 0 Å². The molecule has 3 heteroatoms. The maximum Gasteiger partial charge on any atom is 0.123 e. The highest BCUT2D eigenvalue weighted by molar-refractivity contribution is 9.09. The van der Waals surface area contributed by atoms with Crippen LogP contribution in [0.2, 0.25) is 5.02 Å². The SMILES string of the molecule is Fc1ccc(Cl)c(CC2CCC(Br)C2)c1. The van der Waals surface area contributed by atoms with Gasteiger partial charge in [-0.05, 0) is 55.4 Å². The van der Waals surface area contributed by atoms with E-state index in [1.807, 2.05) is 0 Å². The third-order valence-corrected chi connectivity index (χ3v) is 4.19. The van der Waals surface area contributed by atoms with Crippen LogP contribution >= 0.6 is 27.5 Å². The Balaban J connectivity index is 2.07. The zero-order valence-corrected chi connectivity index (χ0v) is 10.7. The molecule has 0 spiro atoms. The van der Waals surface area contributed by atoms with Gasteiger partial charge in [-0.1, -0.05) is 27.5 Å². The molecule has 0 bridgehead atoms. The second kappa shape index (κ2) is 4.84. The van der Waals surface area contributed by atoms with Crippen molar-refractivity contribution in [1.82, 2.24) is 0 Å². The Morgan fingerprint density at radius 3 is 2.87 bits per heavy atom. The third-order valence-electron chi connectivity index (χ3n) is 2.99. The normalized spacial score (nSPS) is 25.8. The number of hydrogen-bond donors (Lipinski definition) is 0. The lowest BCUT2D eigenvalue weighted by Crippen LogP contribution is -2.01. The molecule has 0 aliphatic heterocycles. The molecule has 1 aliphatic rings. The van der Waals surface area contributed by atoms with Crippen LogP contribution in [0.15, 0.2) is 18.2 Å². The zero-order valence-electron chi connectivity index (χ0n) is 8.35. The first kappa shape index (κ1) is 11.4. The van der Waals surface area contributed by atoms with Crippen molar-refractivity contribution in [1.29, 1.82) is 0 Å². The van der Waals surface area contributed by atoms with E-state index in [0.29, 0.717) is 15.8 Å². The second-order valence-electron chi connectivity index (χ2n) is 4.22. The average molecular weight is 292 g/mol. The Morgan fingerprint density at radius 2 is 2.20 bits per heavy atom. The van der Waals surface area contributed by atoms with Gasteiger partial charge in [-0.15, -0.1) is 0 Å². The molecule has 0 nitrogen and oxygen atoms in total. The largest absolute Gasteiger partial charge is 0.207 e. The van der Waals surface area contributed by atoms with Gasteiger partial charge < -0.3 is 0 Å². The first-order chi connectivity index (χ1) is 7.15.